The van der Waals surface area contributed by atoms with Crippen LogP contribution in [-0.2, 0) is 11.8 Å². The van der Waals surface area contributed by atoms with Crippen molar-refractivity contribution in [3.63, 3.8) is 0 Å². The van der Waals surface area contributed by atoms with E-state index in [0.717, 1.165) is 11.3 Å². The van der Waals surface area contributed by atoms with Crippen LogP contribution >= 0.6 is 0 Å². The standard InChI is InChI=1S/C17H16N4O3/c1-11-12(7-13(8-18)21(11)2)9-19-20-17(22)16-10-23-14-5-3-4-6-15(14)24-16/h3-7,9,16H,10H2,1-2H3,(H,20,22)/b19-9+. The summed E-state index contributed by atoms with van der Waals surface area (Å²) in [6.07, 6.45) is 0.745. The Morgan fingerprint density at radius 3 is 2.92 bits per heavy atom. The Bertz CT molecular complexity index is 848. The maximum absolute atomic E-state index is 12.1. The van der Waals surface area contributed by atoms with E-state index < -0.39 is 12.0 Å². The van der Waals surface area contributed by atoms with E-state index in [9.17, 15) is 4.79 Å². The highest BCUT2D eigenvalue weighted by Gasteiger charge is 2.27. The number of hydrazone groups is 1. The van der Waals surface area contributed by atoms with Crippen molar-refractivity contribution in [2.75, 3.05) is 6.61 Å². The number of amides is 1. The van der Waals surface area contributed by atoms with Gasteiger partial charge in [0.05, 0.1) is 6.21 Å². The molecule has 1 aromatic carbocycles. The first kappa shape index (κ1) is 15.6. The third-order valence-electron chi connectivity index (χ3n) is 3.87. The predicted molar refractivity (Wildman–Crippen MR) is 87.0 cm³/mol. The number of fused-ring (bicyclic) bond motifs is 1. The Hall–Kier alpha value is -3.27. The minimum Gasteiger partial charge on any atom is -0.485 e. The molecular weight excluding hydrogens is 308 g/mol. The van der Waals surface area contributed by atoms with Crippen molar-refractivity contribution in [3.05, 3.63) is 47.3 Å². The molecule has 122 valence electrons. The number of carbonyl (C=O) groups is 1. The lowest BCUT2D eigenvalue weighted by Gasteiger charge is -2.24. The summed E-state index contributed by atoms with van der Waals surface area (Å²) in [6.45, 7) is 2.00. The van der Waals surface area contributed by atoms with Gasteiger partial charge in [0.2, 0.25) is 6.10 Å². The summed E-state index contributed by atoms with van der Waals surface area (Å²) in [5.74, 6) is 0.759. The van der Waals surface area contributed by atoms with E-state index >= 15 is 0 Å². The van der Waals surface area contributed by atoms with Crippen molar-refractivity contribution >= 4 is 12.1 Å². The largest absolute Gasteiger partial charge is 0.485 e. The molecule has 0 fully saturated rings. The molecule has 0 aliphatic carbocycles. The second-order valence-corrected chi connectivity index (χ2v) is 5.34. The highest BCUT2D eigenvalue weighted by molar-refractivity contribution is 5.86. The molecule has 0 saturated carbocycles. The molecule has 2 heterocycles. The van der Waals surface area contributed by atoms with Crippen LogP contribution in [0.4, 0.5) is 0 Å². The summed E-state index contributed by atoms with van der Waals surface area (Å²) in [7, 11) is 1.80. The first-order valence-electron chi connectivity index (χ1n) is 7.38. The van der Waals surface area contributed by atoms with Gasteiger partial charge in [0, 0.05) is 18.3 Å². The van der Waals surface area contributed by atoms with Gasteiger partial charge in [-0.2, -0.15) is 10.4 Å². The number of rotatable bonds is 3. The van der Waals surface area contributed by atoms with Gasteiger partial charge in [0.25, 0.3) is 5.91 Å². The monoisotopic (exact) mass is 324 g/mol. The van der Waals surface area contributed by atoms with Gasteiger partial charge in [-0.15, -0.1) is 0 Å². The molecule has 7 nitrogen and oxygen atoms in total. The predicted octanol–water partition coefficient (Wildman–Crippen LogP) is 1.50. The highest BCUT2D eigenvalue weighted by Crippen LogP contribution is 2.30. The first-order chi connectivity index (χ1) is 11.6. The van der Waals surface area contributed by atoms with Crippen LogP contribution < -0.4 is 14.9 Å². The van der Waals surface area contributed by atoms with Crippen molar-refractivity contribution in [1.29, 1.82) is 5.26 Å². The van der Waals surface area contributed by atoms with Crippen LogP contribution in [0.2, 0.25) is 0 Å². The molecule has 1 amide bonds. The maximum atomic E-state index is 12.1. The lowest BCUT2D eigenvalue weighted by Crippen LogP contribution is -2.42. The molecule has 1 atom stereocenters. The number of carbonyl (C=O) groups excluding carboxylic acids is 1. The number of benzene rings is 1. The van der Waals surface area contributed by atoms with Gasteiger partial charge < -0.3 is 14.0 Å². The average molecular weight is 324 g/mol. The van der Waals surface area contributed by atoms with Gasteiger partial charge in [-0.1, -0.05) is 12.1 Å². The van der Waals surface area contributed by atoms with Gasteiger partial charge >= 0.3 is 0 Å². The topological polar surface area (TPSA) is 88.6 Å². The van der Waals surface area contributed by atoms with Crippen molar-refractivity contribution in [2.24, 2.45) is 12.1 Å². The Morgan fingerprint density at radius 2 is 2.21 bits per heavy atom. The van der Waals surface area contributed by atoms with Crippen molar-refractivity contribution < 1.29 is 14.3 Å². The van der Waals surface area contributed by atoms with Gasteiger partial charge in [-0.25, -0.2) is 5.43 Å². The fraction of sp³-hybridized carbons (Fsp3) is 0.235. The number of para-hydroxylation sites is 2. The van der Waals surface area contributed by atoms with Crippen molar-refractivity contribution in [3.8, 4) is 17.6 Å². The van der Waals surface area contributed by atoms with Crippen molar-refractivity contribution in [2.45, 2.75) is 13.0 Å². The summed E-state index contributed by atoms with van der Waals surface area (Å²) in [5.41, 5.74) is 4.62. The number of nitriles is 1. The number of hydrogen-bond donors (Lipinski definition) is 1. The first-order valence-corrected chi connectivity index (χ1v) is 7.38. The third kappa shape index (κ3) is 2.94. The molecule has 0 bridgehead atoms. The SMILES string of the molecule is Cc1c(/C=N/NC(=O)C2COc3ccccc3O2)cc(C#N)n1C. The number of ether oxygens (including phenoxy) is 2. The molecule has 7 heteroatoms. The van der Waals surface area contributed by atoms with Crippen LogP contribution in [0, 0.1) is 18.3 Å². The molecule has 1 unspecified atom stereocenters. The van der Waals surface area contributed by atoms with E-state index in [1.807, 2.05) is 19.1 Å². The highest BCUT2D eigenvalue weighted by atomic mass is 16.6. The second kappa shape index (κ2) is 6.46. The summed E-state index contributed by atoms with van der Waals surface area (Å²) < 4.78 is 12.9. The molecule has 0 radical (unpaired) electrons. The summed E-state index contributed by atoms with van der Waals surface area (Å²) in [6, 6.07) is 11.0. The summed E-state index contributed by atoms with van der Waals surface area (Å²) in [5, 5.41) is 12.9. The normalized spacial score (nSPS) is 16.0. The third-order valence-corrected chi connectivity index (χ3v) is 3.87. The zero-order valence-electron chi connectivity index (χ0n) is 13.3. The van der Waals surface area contributed by atoms with Gasteiger partial charge in [-0.3, -0.25) is 4.79 Å². The molecule has 1 aliphatic rings. The van der Waals surface area contributed by atoms with Gasteiger partial charge in [-0.05, 0) is 25.1 Å². The van der Waals surface area contributed by atoms with Crippen LogP contribution in [0.15, 0.2) is 35.4 Å². The Morgan fingerprint density at radius 1 is 1.46 bits per heavy atom. The van der Waals surface area contributed by atoms with Crippen molar-refractivity contribution in [1.82, 2.24) is 9.99 Å². The smallest absolute Gasteiger partial charge is 0.284 e. The van der Waals surface area contributed by atoms with Crippen LogP contribution in [0.5, 0.6) is 11.5 Å². The summed E-state index contributed by atoms with van der Waals surface area (Å²) >= 11 is 0. The molecule has 24 heavy (non-hydrogen) atoms. The lowest BCUT2D eigenvalue weighted by molar-refractivity contribution is -0.130. The molecule has 1 aliphatic heterocycles. The van der Waals surface area contributed by atoms with Crippen LogP contribution in [-0.4, -0.2) is 29.4 Å². The van der Waals surface area contributed by atoms with Gasteiger partial charge in [0.15, 0.2) is 11.5 Å². The van der Waals surface area contributed by atoms with E-state index in [4.69, 9.17) is 14.7 Å². The molecule has 2 aromatic rings. The van der Waals surface area contributed by atoms with E-state index in [1.165, 1.54) is 6.21 Å². The number of hydrogen-bond acceptors (Lipinski definition) is 5. The quantitative estimate of drug-likeness (QED) is 0.684. The lowest BCUT2D eigenvalue weighted by atomic mass is 10.2. The van der Waals surface area contributed by atoms with Crippen LogP contribution in [0.1, 0.15) is 17.0 Å². The van der Waals surface area contributed by atoms with E-state index in [-0.39, 0.29) is 6.61 Å². The van der Waals surface area contributed by atoms with E-state index in [1.54, 1.807) is 29.8 Å². The second-order valence-electron chi connectivity index (χ2n) is 5.34. The molecule has 1 N–H and O–H groups in total. The number of nitrogens with zero attached hydrogens (tertiary/aromatic N) is 3. The van der Waals surface area contributed by atoms with Crippen LogP contribution in [0.3, 0.4) is 0 Å². The molecular formula is C17H16N4O3. The fourth-order valence-electron chi connectivity index (χ4n) is 2.35. The fourth-order valence-corrected chi connectivity index (χ4v) is 2.35. The minimum atomic E-state index is -0.761. The Labute approximate surface area is 139 Å². The Kier molecular flexibility index (Phi) is 4.20. The molecule has 3 rings (SSSR count). The van der Waals surface area contributed by atoms with Gasteiger partial charge in [0.1, 0.15) is 18.4 Å². The number of nitrogens with one attached hydrogen (secondary N) is 1. The van der Waals surface area contributed by atoms with E-state index in [2.05, 4.69) is 16.6 Å². The molecule has 0 spiro atoms. The zero-order valence-corrected chi connectivity index (χ0v) is 13.3. The molecule has 0 saturated heterocycles. The average Bonchev–Trinajstić information content (AvgIpc) is 2.89. The molecule has 1 aromatic heterocycles. The number of aromatic nitrogens is 1. The van der Waals surface area contributed by atoms with E-state index in [0.29, 0.717) is 17.2 Å². The Balaban J connectivity index is 1.63. The maximum Gasteiger partial charge on any atom is 0.284 e. The zero-order chi connectivity index (χ0) is 17.1. The minimum absolute atomic E-state index is 0.126. The summed E-state index contributed by atoms with van der Waals surface area (Å²) in [4.78, 5) is 12.1. The van der Waals surface area contributed by atoms with Crippen LogP contribution in [0.25, 0.3) is 0 Å².